The molecule has 0 saturated carbocycles. The molecule has 0 spiro atoms. The Morgan fingerprint density at radius 3 is 1.39 bits per heavy atom. The highest BCUT2D eigenvalue weighted by atomic mass is 16.8. The highest BCUT2D eigenvalue weighted by Gasteiger charge is 2.48. The lowest BCUT2D eigenvalue weighted by molar-refractivity contribution is -0.330. The van der Waals surface area contributed by atoms with Crippen LogP contribution in [-0.2, 0) is 38.0 Å². The lowest BCUT2D eigenvalue weighted by atomic mass is 9.98. The number of carbonyl (C=O) groups is 2. The van der Waals surface area contributed by atoms with Gasteiger partial charge in [0.25, 0.3) is 0 Å². The van der Waals surface area contributed by atoms with Crippen molar-refractivity contribution in [1.82, 2.24) is 0 Å². The zero-order chi connectivity index (χ0) is 41.9. The van der Waals surface area contributed by atoms with Gasteiger partial charge in [0.2, 0.25) is 12.6 Å². The number of esters is 2. The number of allylic oxidation sites excluding steroid dienone is 12. The van der Waals surface area contributed by atoms with E-state index in [1.807, 2.05) is 6.92 Å². The molecule has 0 aromatic heterocycles. The summed E-state index contributed by atoms with van der Waals surface area (Å²) in [7, 11) is 0. The third-order valence-electron chi connectivity index (χ3n) is 8.82. The van der Waals surface area contributed by atoms with E-state index in [2.05, 4.69) is 0 Å². The molecule has 3 saturated heterocycles. The molecule has 3 heterocycles. The zero-order valence-electron chi connectivity index (χ0n) is 31.0. The molecule has 0 bridgehead atoms. The summed E-state index contributed by atoms with van der Waals surface area (Å²) in [6.07, 6.45) is -8.69. The number of ether oxygens (including phenoxy) is 6. The van der Waals surface area contributed by atoms with Gasteiger partial charge in [-0.15, -0.1) is 0 Å². The molecule has 1 unspecified atom stereocenters. The second-order valence-electron chi connectivity index (χ2n) is 13.3. The van der Waals surface area contributed by atoms with Crippen LogP contribution in [0.2, 0.25) is 0 Å². The van der Waals surface area contributed by atoms with Crippen LogP contribution in [0.1, 0.15) is 27.7 Å². The maximum absolute atomic E-state index is 12.7. The Labute approximate surface area is 322 Å². The zero-order valence-corrected chi connectivity index (χ0v) is 31.0. The largest absolute Gasteiger partial charge is 0.429 e. The maximum Gasteiger partial charge on any atom is 0.336 e. The molecule has 15 atom stereocenters. The Morgan fingerprint density at radius 1 is 0.500 bits per heavy atom. The van der Waals surface area contributed by atoms with Crippen molar-refractivity contribution in [2.24, 2.45) is 0 Å². The fraction of sp³-hybridized carbons (Fsp3) is 0.568. The van der Waals surface area contributed by atoms with Crippen molar-refractivity contribution in [1.29, 1.82) is 0 Å². The van der Waals surface area contributed by atoms with E-state index in [9.17, 15) is 65.8 Å². The number of aliphatic hydroxyl groups excluding tert-OH is 11. The minimum atomic E-state index is -1.85. The normalized spacial score (nSPS) is 38.1. The molecule has 19 nitrogen and oxygen atoms in total. The SMILES string of the molecule is CC(/C=C/C=C(\C)C(=O)O[C@@H]1O[C@H](O)[C@@H](O)[C@H](O)[C@H]1O)=C\C=C\C=C(C)\C=C\C=C(/C)C(=O)O[C@@H]1O[C@H](COC2O[C@H](CO)[C@@H](O)[C@H](O)[C@H]2O)[C@@H](O)[C@H](O)[C@H]1O. The van der Waals surface area contributed by atoms with Crippen molar-refractivity contribution >= 4 is 11.9 Å². The Hall–Kier alpha value is -3.48. The van der Waals surface area contributed by atoms with Crippen molar-refractivity contribution in [2.45, 2.75) is 120 Å². The second-order valence-corrected chi connectivity index (χ2v) is 13.3. The van der Waals surface area contributed by atoms with E-state index in [0.717, 1.165) is 11.1 Å². The first-order valence-electron chi connectivity index (χ1n) is 17.5. The summed E-state index contributed by atoms with van der Waals surface area (Å²) in [5, 5.41) is 109. The lowest BCUT2D eigenvalue weighted by Crippen LogP contribution is -2.61. The van der Waals surface area contributed by atoms with Gasteiger partial charge in [-0.3, -0.25) is 0 Å². The third kappa shape index (κ3) is 12.8. The van der Waals surface area contributed by atoms with Gasteiger partial charge in [0.1, 0.15) is 67.1 Å². The molecule has 3 aliphatic rings. The molecule has 19 heteroatoms. The molecular formula is C37H52O19. The number of hydrogen-bond donors (Lipinski definition) is 11. The van der Waals surface area contributed by atoms with Crippen molar-refractivity contribution < 1.29 is 94.2 Å². The molecule has 3 rings (SSSR count). The third-order valence-corrected chi connectivity index (χ3v) is 8.82. The minimum Gasteiger partial charge on any atom is -0.429 e. The first kappa shape index (κ1) is 46.9. The summed E-state index contributed by atoms with van der Waals surface area (Å²) in [6, 6.07) is 0. The van der Waals surface area contributed by atoms with E-state index in [0.29, 0.717) is 0 Å². The molecule has 3 fully saturated rings. The van der Waals surface area contributed by atoms with Gasteiger partial charge in [0.05, 0.1) is 13.2 Å². The van der Waals surface area contributed by atoms with Gasteiger partial charge in [-0.05, 0) is 27.7 Å². The first-order chi connectivity index (χ1) is 26.4. The van der Waals surface area contributed by atoms with Crippen LogP contribution in [0.4, 0.5) is 0 Å². The molecule has 0 radical (unpaired) electrons. The summed E-state index contributed by atoms with van der Waals surface area (Å²) >= 11 is 0. The Kier molecular flexibility index (Phi) is 18.3. The van der Waals surface area contributed by atoms with E-state index >= 15 is 0 Å². The van der Waals surface area contributed by atoms with Crippen molar-refractivity contribution in [3.05, 3.63) is 83.1 Å². The lowest BCUT2D eigenvalue weighted by Gasteiger charge is -2.42. The van der Waals surface area contributed by atoms with Gasteiger partial charge >= 0.3 is 11.9 Å². The minimum absolute atomic E-state index is 0.0929. The Bertz CT molecular complexity index is 1530. The van der Waals surface area contributed by atoms with Gasteiger partial charge in [-0.25, -0.2) is 9.59 Å². The molecule has 11 N–H and O–H groups in total. The van der Waals surface area contributed by atoms with Crippen LogP contribution in [0.25, 0.3) is 0 Å². The molecule has 56 heavy (non-hydrogen) atoms. The Balaban J connectivity index is 1.48. The maximum atomic E-state index is 12.7. The predicted octanol–water partition coefficient (Wildman–Crippen LogP) is -3.09. The fourth-order valence-electron chi connectivity index (χ4n) is 5.22. The number of rotatable bonds is 14. The summed E-state index contributed by atoms with van der Waals surface area (Å²) in [4.78, 5) is 25.0. The summed E-state index contributed by atoms with van der Waals surface area (Å²) in [5.74, 6) is -1.79. The highest BCUT2D eigenvalue weighted by Crippen LogP contribution is 2.27. The molecule has 0 aliphatic carbocycles. The van der Waals surface area contributed by atoms with Crippen LogP contribution >= 0.6 is 0 Å². The second kappa shape index (κ2) is 21.9. The van der Waals surface area contributed by atoms with Crippen molar-refractivity contribution in [2.75, 3.05) is 13.2 Å². The van der Waals surface area contributed by atoms with E-state index in [-0.39, 0.29) is 11.1 Å². The molecule has 0 amide bonds. The summed E-state index contributed by atoms with van der Waals surface area (Å²) in [5.41, 5.74) is 1.83. The van der Waals surface area contributed by atoms with Gasteiger partial charge in [0, 0.05) is 11.1 Å². The quantitative estimate of drug-likeness (QED) is 0.0471. The molecular weight excluding hydrogens is 748 g/mol. The monoisotopic (exact) mass is 800 g/mol. The fourth-order valence-corrected chi connectivity index (χ4v) is 5.22. The van der Waals surface area contributed by atoms with Crippen molar-refractivity contribution in [3.8, 4) is 0 Å². The highest BCUT2D eigenvalue weighted by molar-refractivity contribution is 5.88. The van der Waals surface area contributed by atoms with Gasteiger partial charge in [-0.1, -0.05) is 71.9 Å². The average molecular weight is 801 g/mol. The van der Waals surface area contributed by atoms with Crippen LogP contribution < -0.4 is 0 Å². The Morgan fingerprint density at radius 2 is 0.911 bits per heavy atom. The summed E-state index contributed by atoms with van der Waals surface area (Å²) < 4.78 is 31.1. The average Bonchev–Trinajstić information content (AvgIpc) is 3.16. The van der Waals surface area contributed by atoms with Gasteiger partial charge < -0.3 is 84.6 Å². The topological polar surface area (TPSA) is 312 Å². The van der Waals surface area contributed by atoms with Crippen LogP contribution in [-0.4, -0.2) is 174 Å². The predicted molar refractivity (Wildman–Crippen MR) is 190 cm³/mol. The van der Waals surface area contributed by atoms with E-state index in [1.54, 1.807) is 55.5 Å². The molecule has 3 aliphatic heterocycles. The number of carbonyl (C=O) groups excluding carboxylic acids is 2. The molecule has 0 aromatic rings. The summed E-state index contributed by atoms with van der Waals surface area (Å²) in [6.45, 7) is 5.21. The van der Waals surface area contributed by atoms with E-state index in [1.165, 1.54) is 26.0 Å². The van der Waals surface area contributed by atoms with E-state index in [4.69, 9.17) is 28.4 Å². The van der Waals surface area contributed by atoms with Crippen LogP contribution in [0.5, 0.6) is 0 Å². The number of hydrogen-bond acceptors (Lipinski definition) is 19. The van der Waals surface area contributed by atoms with Crippen LogP contribution in [0, 0.1) is 0 Å². The standard InChI is InChI=1S/C37H52O19/c1-17(9-5-6-10-18(2)12-8-14-20(4)33(49)55-37-31(47)27(43)28(44)34(50)56-37)11-7-13-19(3)32(48)54-36-30(46)26(42)24(40)22(53-36)16-51-35-29(45)25(41)23(39)21(15-38)52-35/h5-14,21-31,34-47,50H,15-16H2,1-4H3/b6-5+,11-7+,12-8+,17-9+,18-10+,19-13+,20-14+/t21-,22-,23-,24-,25+,26+,27+,28+,29-,30-,31-,34+,35?,36+,37-/m1/s1. The van der Waals surface area contributed by atoms with E-state index < -0.39 is 117 Å². The first-order valence-corrected chi connectivity index (χ1v) is 17.5. The smallest absolute Gasteiger partial charge is 0.336 e. The number of aliphatic hydroxyl groups is 11. The van der Waals surface area contributed by atoms with Gasteiger partial charge in [0.15, 0.2) is 12.6 Å². The van der Waals surface area contributed by atoms with Crippen LogP contribution in [0.3, 0.4) is 0 Å². The molecule has 314 valence electrons. The van der Waals surface area contributed by atoms with Crippen LogP contribution in [0.15, 0.2) is 83.1 Å². The van der Waals surface area contributed by atoms with Crippen molar-refractivity contribution in [3.63, 3.8) is 0 Å². The van der Waals surface area contributed by atoms with Gasteiger partial charge in [-0.2, -0.15) is 0 Å². The molecule has 0 aromatic carbocycles.